The number of nitrogens with one attached hydrogen (secondary N) is 2. The first kappa shape index (κ1) is 24.7. The highest BCUT2D eigenvalue weighted by Crippen LogP contribution is 2.35. The van der Waals surface area contributed by atoms with Gasteiger partial charge in [-0.2, -0.15) is 0 Å². The minimum Gasteiger partial charge on any atom is -0.493 e. The fourth-order valence-corrected chi connectivity index (χ4v) is 3.35. The van der Waals surface area contributed by atoms with Crippen molar-refractivity contribution in [3.05, 3.63) is 97.2 Å². The number of nitro benzene ring substituents is 1. The number of amides is 2. The Hall–Kier alpha value is -3.93. The van der Waals surface area contributed by atoms with Crippen LogP contribution in [0.15, 0.2) is 72.4 Å². The third-order valence-electron chi connectivity index (χ3n) is 4.66. The number of rotatable bonds is 8. The van der Waals surface area contributed by atoms with Crippen LogP contribution in [0.3, 0.4) is 0 Å². The van der Waals surface area contributed by atoms with Gasteiger partial charge in [0, 0.05) is 14.8 Å². The van der Waals surface area contributed by atoms with Crippen LogP contribution in [-0.4, -0.2) is 31.0 Å². The lowest BCUT2D eigenvalue weighted by Crippen LogP contribution is -2.30. The van der Waals surface area contributed by atoms with Crippen LogP contribution in [0, 0.1) is 13.7 Å². The molecule has 0 bridgehead atoms. The smallest absolute Gasteiger partial charge is 0.280 e. The first-order valence-electron chi connectivity index (χ1n) is 9.87. The van der Waals surface area contributed by atoms with Gasteiger partial charge in [0.1, 0.15) is 5.70 Å². The summed E-state index contributed by atoms with van der Waals surface area (Å²) in [7, 11) is 2.75. The quantitative estimate of drug-likeness (QED) is 0.176. The average molecular weight is 573 g/mol. The molecule has 0 saturated carbocycles. The SMILES string of the molecule is COc1cc(/C=C(\NC(=O)c2ccccc2)C(=O)Nc2ccc(I)cc2)c([N+](=O)[O-])cc1OC. The Morgan fingerprint density at radius 3 is 2.18 bits per heavy atom. The van der Waals surface area contributed by atoms with Crippen LogP contribution >= 0.6 is 22.6 Å². The summed E-state index contributed by atoms with van der Waals surface area (Å²) in [6.45, 7) is 0. The Balaban J connectivity index is 2.06. The summed E-state index contributed by atoms with van der Waals surface area (Å²) < 4.78 is 11.4. The molecule has 0 fully saturated rings. The second-order valence-electron chi connectivity index (χ2n) is 6.86. The van der Waals surface area contributed by atoms with Crippen LogP contribution in [0.2, 0.25) is 0 Å². The molecule has 0 unspecified atom stereocenters. The van der Waals surface area contributed by atoms with E-state index in [0.29, 0.717) is 11.3 Å². The van der Waals surface area contributed by atoms with Gasteiger partial charge >= 0.3 is 0 Å². The number of hydrogen-bond donors (Lipinski definition) is 2. The Bertz CT molecular complexity index is 1240. The first-order chi connectivity index (χ1) is 16.3. The van der Waals surface area contributed by atoms with Crippen molar-refractivity contribution in [2.45, 2.75) is 0 Å². The maximum Gasteiger partial charge on any atom is 0.280 e. The van der Waals surface area contributed by atoms with Crippen molar-refractivity contribution >= 4 is 51.9 Å². The maximum atomic E-state index is 13.1. The van der Waals surface area contributed by atoms with Crippen LogP contribution < -0.4 is 20.1 Å². The molecule has 0 aliphatic heterocycles. The van der Waals surface area contributed by atoms with Gasteiger partial charge in [0.25, 0.3) is 17.5 Å². The van der Waals surface area contributed by atoms with Gasteiger partial charge in [-0.15, -0.1) is 0 Å². The van der Waals surface area contributed by atoms with Crippen molar-refractivity contribution in [3.63, 3.8) is 0 Å². The average Bonchev–Trinajstić information content (AvgIpc) is 2.84. The summed E-state index contributed by atoms with van der Waals surface area (Å²) in [6, 6.07) is 17.9. The van der Waals surface area contributed by atoms with Crippen molar-refractivity contribution in [3.8, 4) is 11.5 Å². The van der Waals surface area contributed by atoms with E-state index in [1.54, 1.807) is 54.6 Å². The Morgan fingerprint density at radius 1 is 0.971 bits per heavy atom. The first-order valence-corrected chi connectivity index (χ1v) is 11.0. The number of methoxy groups -OCH3 is 2. The Labute approximate surface area is 209 Å². The van der Waals surface area contributed by atoms with Gasteiger partial charge in [0.05, 0.1) is 30.8 Å². The summed E-state index contributed by atoms with van der Waals surface area (Å²) in [5, 5.41) is 17.0. The maximum absolute atomic E-state index is 13.1. The molecule has 0 saturated heterocycles. The molecular weight excluding hydrogens is 553 g/mol. The number of nitro groups is 1. The standard InChI is InChI=1S/C24H20IN3O6/c1-33-21-13-16(20(28(31)32)14-22(21)34-2)12-19(27-23(29)15-6-4-3-5-7-15)24(30)26-18-10-8-17(25)9-11-18/h3-14H,1-2H3,(H,26,30)(H,27,29)/b19-12-. The van der Waals surface area contributed by atoms with Gasteiger partial charge < -0.3 is 20.1 Å². The van der Waals surface area contributed by atoms with E-state index in [0.717, 1.165) is 3.57 Å². The molecule has 174 valence electrons. The molecular formula is C24H20IN3O6. The molecule has 0 aliphatic rings. The van der Waals surface area contributed by atoms with Crippen LogP contribution in [0.1, 0.15) is 15.9 Å². The van der Waals surface area contributed by atoms with Crippen LogP contribution in [0.4, 0.5) is 11.4 Å². The predicted molar refractivity (Wildman–Crippen MR) is 136 cm³/mol. The van der Waals surface area contributed by atoms with E-state index in [2.05, 4.69) is 33.2 Å². The van der Waals surface area contributed by atoms with E-state index in [-0.39, 0.29) is 28.4 Å². The van der Waals surface area contributed by atoms with Crippen molar-refractivity contribution in [2.75, 3.05) is 19.5 Å². The lowest BCUT2D eigenvalue weighted by molar-refractivity contribution is -0.385. The van der Waals surface area contributed by atoms with Crippen molar-refractivity contribution in [1.82, 2.24) is 5.32 Å². The summed E-state index contributed by atoms with van der Waals surface area (Å²) in [4.78, 5) is 37.0. The van der Waals surface area contributed by atoms with E-state index < -0.39 is 16.7 Å². The van der Waals surface area contributed by atoms with Gasteiger partial charge in [-0.3, -0.25) is 19.7 Å². The second-order valence-corrected chi connectivity index (χ2v) is 8.11. The normalized spacial score (nSPS) is 10.9. The fraction of sp³-hybridized carbons (Fsp3) is 0.0833. The molecule has 9 nitrogen and oxygen atoms in total. The second kappa shape index (κ2) is 11.3. The molecule has 3 aromatic carbocycles. The monoisotopic (exact) mass is 573 g/mol. The van der Waals surface area contributed by atoms with Crippen molar-refractivity contribution < 1.29 is 24.0 Å². The summed E-state index contributed by atoms with van der Waals surface area (Å²) in [6.07, 6.45) is 1.23. The largest absolute Gasteiger partial charge is 0.493 e. The zero-order valence-corrected chi connectivity index (χ0v) is 20.4. The number of anilines is 1. The zero-order valence-electron chi connectivity index (χ0n) is 18.2. The summed E-state index contributed by atoms with van der Waals surface area (Å²) >= 11 is 2.14. The Kier molecular flexibility index (Phi) is 8.19. The molecule has 0 spiro atoms. The summed E-state index contributed by atoms with van der Waals surface area (Å²) in [5.41, 5.74) is 0.335. The van der Waals surface area contributed by atoms with Crippen molar-refractivity contribution in [1.29, 1.82) is 0 Å². The topological polar surface area (TPSA) is 120 Å². The van der Waals surface area contributed by atoms with Crippen LogP contribution in [0.25, 0.3) is 6.08 Å². The fourth-order valence-electron chi connectivity index (χ4n) is 2.99. The molecule has 34 heavy (non-hydrogen) atoms. The minimum atomic E-state index is -0.658. The highest BCUT2D eigenvalue weighted by Gasteiger charge is 2.22. The number of carbonyl (C=O) groups excluding carboxylic acids is 2. The molecule has 10 heteroatoms. The van der Waals surface area contributed by atoms with Gasteiger partial charge in [0.2, 0.25) is 0 Å². The van der Waals surface area contributed by atoms with Gasteiger partial charge in [-0.25, -0.2) is 0 Å². The number of ether oxygens (including phenoxy) is 2. The van der Waals surface area contributed by atoms with Gasteiger partial charge in [0.15, 0.2) is 11.5 Å². The molecule has 2 amide bonds. The number of hydrogen-bond acceptors (Lipinski definition) is 6. The lowest BCUT2D eigenvalue weighted by Gasteiger charge is -2.13. The third-order valence-corrected chi connectivity index (χ3v) is 5.38. The number of carbonyl (C=O) groups is 2. The number of nitrogens with zero attached hydrogens (tertiary/aromatic N) is 1. The van der Waals surface area contributed by atoms with E-state index in [4.69, 9.17) is 9.47 Å². The molecule has 0 heterocycles. The molecule has 0 radical (unpaired) electrons. The van der Waals surface area contributed by atoms with Gasteiger partial charge in [-0.1, -0.05) is 18.2 Å². The van der Waals surface area contributed by atoms with E-state index in [1.165, 1.54) is 32.4 Å². The predicted octanol–water partition coefficient (Wildman–Crippen LogP) is 4.63. The van der Waals surface area contributed by atoms with E-state index in [9.17, 15) is 19.7 Å². The molecule has 3 rings (SSSR count). The molecule has 0 aliphatic carbocycles. The van der Waals surface area contributed by atoms with Gasteiger partial charge in [-0.05, 0) is 71.1 Å². The highest BCUT2D eigenvalue weighted by molar-refractivity contribution is 14.1. The highest BCUT2D eigenvalue weighted by atomic mass is 127. The van der Waals surface area contributed by atoms with E-state index in [1.807, 2.05) is 0 Å². The molecule has 0 atom stereocenters. The molecule has 3 aromatic rings. The lowest BCUT2D eigenvalue weighted by atomic mass is 10.1. The number of benzene rings is 3. The zero-order chi connectivity index (χ0) is 24.7. The summed E-state index contributed by atoms with van der Waals surface area (Å²) in [5.74, 6) is -0.821. The minimum absolute atomic E-state index is 0.0452. The molecule has 0 aromatic heterocycles. The van der Waals surface area contributed by atoms with Crippen LogP contribution in [0.5, 0.6) is 11.5 Å². The number of halogens is 1. The Morgan fingerprint density at radius 2 is 1.59 bits per heavy atom. The molecule has 2 N–H and O–H groups in total. The van der Waals surface area contributed by atoms with E-state index >= 15 is 0 Å². The van der Waals surface area contributed by atoms with Crippen molar-refractivity contribution in [2.24, 2.45) is 0 Å². The van der Waals surface area contributed by atoms with Crippen LogP contribution in [-0.2, 0) is 4.79 Å². The third kappa shape index (κ3) is 6.10.